The number of anilines is 2. The van der Waals surface area contributed by atoms with Gasteiger partial charge in [0.05, 0.1) is 16.4 Å². The molecule has 0 saturated heterocycles. The van der Waals surface area contributed by atoms with E-state index < -0.39 is 0 Å². The number of halogens is 2. The molecule has 116 valence electrons. The van der Waals surface area contributed by atoms with E-state index in [4.69, 9.17) is 23.2 Å². The molecule has 0 amide bonds. The van der Waals surface area contributed by atoms with Gasteiger partial charge in [-0.25, -0.2) is 9.97 Å². The average Bonchev–Trinajstić information content (AvgIpc) is 2.57. The van der Waals surface area contributed by atoms with Gasteiger partial charge >= 0.3 is 0 Å². The molecule has 3 rings (SSSR count). The minimum Gasteiger partial charge on any atom is -0.339 e. The molecule has 0 aliphatic rings. The second-order valence-electron chi connectivity index (χ2n) is 4.71. The highest BCUT2D eigenvalue weighted by atomic mass is 35.5. The molecule has 2 aromatic carbocycles. The summed E-state index contributed by atoms with van der Waals surface area (Å²) in [5, 5.41) is 5.19. The second kappa shape index (κ2) is 7.21. The van der Waals surface area contributed by atoms with Crippen LogP contribution in [0.15, 0.2) is 59.8 Å². The molecule has 0 aliphatic heterocycles. The third-order valence-corrected chi connectivity index (χ3v) is 4.38. The maximum atomic E-state index is 6.28. The average molecular weight is 362 g/mol. The van der Waals surface area contributed by atoms with Crippen molar-refractivity contribution in [2.75, 3.05) is 11.6 Å². The van der Waals surface area contributed by atoms with Crippen molar-refractivity contribution in [3.05, 3.63) is 64.6 Å². The molecule has 1 heterocycles. The van der Waals surface area contributed by atoms with Gasteiger partial charge in [-0.3, -0.25) is 0 Å². The zero-order chi connectivity index (χ0) is 16.2. The summed E-state index contributed by atoms with van der Waals surface area (Å²) in [4.78, 5) is 9.02. The zero-order valence-electron chi connectivity index (χ0n) is 12.3. The summed E-state index contributed by atoms with van der Waals surface area (Å²) in [6, 6.07) is 17.0. The molecule has 1 aromatic heterocycles. The third kappa shape index (κ3) is 3.78. The number of aromatic nitrogens is 2. The van der Waals surface area contributed by atoms with Crippen LogP contribution >= 0.6 is 35.0 Å². The lowest BCUT2D eigenvalue weighted by atomic mass is 10.1. The minimum absolute atomic E-state index is 0.635. The lowest BCUT2D eigenvalue weighted by molar-refractivity contribution is 0.981. The van der Waals surface area contributed by atoms with E-state index in [2.05, 4.69) is 15.3 Å². The lowest BCUT2D eigenvalue weighted by Crippen LogP contribution is -1.99. The number of nitrogens with zero attached hydrogens (tertiary/aromatic N) is 2. The van der Waals surface area contributed by atoms with Gasteiger partial charge in [0.15, 0.2) is 5.16 Å². The minimum atomic E-state index is 0.635. The van der Waals surface area contributed by atoms with Crippen molar-refractivity contribution in [3.8, 4) is 11.3 Å². The fourth-order valence-corrected chi connectivity index (χ4v) is 2.88. The number of thioether (sulfide) groups is 1. The quantitative estimate of drug-likeness (QED) is 0.462. The molecular weight excluding hydrogens is 349 g/mol. The molecule has 0 fully saturated rings. The molecule has 23 heavy (non-hydrogen) atoms. The van der Waals surface area contributed by atoms with E-state index in [9.17, 15) is 0 Å². The SMILES string of the molecule is CSc1nc(Nc2ccccc2Cl)cc(-c2ccccc2Cl)n1. The van der Waals surface area contributed by atoms with Crippen LogP contribution in [0, 0.1) is 0 Å². The van der Waals surface area contributed by atoms with Crippen molar-refractivity contribution < 1.29 is 0 Å². The number of benzene rings is 2. The van der Waals surface area contributed by atoms with E-state index in [1.807, 2.05) is 60.9 Å². The highest BCUT2D eigenvalue weighted by Gasteiger charge is 2.10. The predicted octanol–water partition coefficient (Wildman–Crippen LogP) is 5.92. The highest BCUT2D eigenvalue weighted by molar-refractivity contribution is 7.98. The number of hydrogen-bond acceptors (Lipinski definition) is 4. The normalized spacial score (nSPS) is 10.6. The van der Waals surface area contributed by atoms with Gasteiger partial charge in [-0.1, -0.05) is 65.3 Å². The van der Waals surface area contributed by atoms with Crippen molar-refractivity contribution >= 4 is 46.5 Å². The zero-order valence-corrected chi connectivity index (χ0v) is 14.6. The molecule has 3 nitrogen and oxygen atoms in total. The Kier molecular flexibility index (Phi) is 5.06. The monoisotopic (exact) mass is 361 g/mol. The van der Waals surface area contributed by atoms with E-state index in [0.717, 1.165) is 16.9 Å². The molecule has 3 aromatic rings. The van der Waals surface area contributed by atoms with E-state index in [1.165, 1.54) is 11.8 Å². The van der Waals surface area contributed by atoms with E-state index in [0.29, 0.717) is 21.0 Å². The summed E-state index contributed by atoms with van der Waals surface area (Å²) >= 11 is 14.0. The Balaban J connectivity index is 2.03. The largest absolute Gasteiger partial charge is 0.339 e. The first-order valence-electron chi connectivity index (χ1n) is 6.87. The van der Waals surface area contributed by atoms with Crippen molar-refractivity contribution in [2.45, 2.75) is 5.16 Å². The maximum Gasteiger partial charge on any atom is 0.189 e. The van der Waals surface area contributed by atoms with Crippen LogP contribution in [0.4, 0.5) is 11.5 Å². The fourth-order valence-electron chi connectivity index (χ4n) is 2.09. The molecule has 0 saturated carbocycles. The van der Waals surface area contributed by atoms with Crippen LogP contribution in [-0.4, -0.2) is 16.2 Å². The van der Waals surface area contributed by atoms with Crippen molar-refractivity contribution in [3.63, 3.8) is 0 Å². The third-order valence-electron chi connectivity index (χ3n) is 3.17. The van der Waals surface area contributed by atoms with Gasteiger partial charge < -0.3 is 5.32 Å². The Labute approximate surface area is 149 Å². The van der Waals surface area contributed by atoms with Crippen LogP contribution in [0.3, 0.4) is 0 Å². The molecule has 0 unspecified atom stereocenters. The van der Waals surface area contributed by atoms with Crippen LogP contribution in [0.2, 0.25) is 10.0 Å². The van der Waals surface area contributed by atoms with Gasteiger partial charge in [0.1, 0.15) is 5.82 Å². The first-order valence-corrected chi connectivity index (χ1v) is 8.85. The van der Waals surface area contributed by atoms with Crippen LogP contribution in [-0.2, 0) is 0 Å². The summed E-state index contributed by atoms with van der Waals surface area (Å²) in [5.41, 5.74) is 2.43. The Morgan fingerprint density at radius 2 is 1.61 bits per heavy atom. The smallest absolute Gasteiger partial charge is 0.189 e. The fraction of sp³-hybridized carbons (Fsp3) is 0.0588. The molecule has 0 spiro atoms. The van der Waals surface area contributed by atoms with Gasteiger partial charge in [0.25, 0.3) is 0 Å². The van der Waals surface area contributed by atoms with E-state index in [1.54, 1.807) is 0 Å². The van der Waals surface area contributed by atoms with Gasteiger partial charge in [0, 0.05) is 16.7 Å². The Morgan fingerprint density at radius 3 is 2.30 bits per heavy atom. The first-order chi connectivity index (χ1) is 11.2. The van der Waals surface area contributed by atoms with Crippen molar-refractivity contribution in [1.29, 1.82) is 0 Å². The Bertz CT molecular complexity index is 840. The summed E-state index contributed by atoms with van der Waals surface area (Å²) in [7, 11) is 0. The second-order valence-corrected chi connectivity index (χ2v) is 6.30. The summed E-state index contributed by atoms with van der Waals surface area (Å²) in [5.74, 6) is 0.673. The molecular formula is C17H13Cl2N3S. The molecule has 6 heteroatoms. The topological polar surface area (TPSA) is 37.8 Å². The summed E-state index contributed by atoms with van der Waals surface area (Å²) < 4.78 is 0. The number of para-hydroxylation sites is 1. The van der Waals surface area contributed by atoms with Crippen molar-refractivity contribution in [1.82, 2.24) is 9.97 Å². The molecule has 0 aliphatic carbocycles. The molecule has 0 bridgehead atoms. The van der Waals surface area contributed by atoms with Gasteiger partial charge in [0.2, 0.25) is 0 Å². The molecule has 1 N–H and O–H groups in total. The number of hydrogen-bond donors (Lipinski definition) is 1. The van der Waals surface area contributed by atoms with Crippen molar-refractivity contribution in [2.24, 2.45) is 0 Å². The van der Waals surface area contributed by atoms with E-state index in [-0.39, 0.29) is 0 Å². The Hall–Kier alpha value is -1.75. The molecule has 0 atom stereocenters. The van der Waals surface area contributed by atoms with E-state index >= 15 is 0 Å². The Morgan fingerprint density at radius 1 is 0.913 bits per heavy atom. The van der Waals surface area contributed by atoms with Crippen LogP contribution in [0.25, 0.3) is 11.3 Å². The van der Waals surface area contributed by atoms with Gasteiger partial charge in [-0.05, 0) is 24.5 Å². The van der Waals surface area contributed by atoms with Crippen LogP contribution in [0.1, 0.15) is 0 Å². The molecule has 0 radical (unpaired) electrons. The van der Waals surface area contributed by atoms with Gasteiger partial charge in [-0.2, -0.15) is 0 Å². The van der Waals surface area contributed by atoms with Crippen LogP contribution in [0.5, 0.6) is 0 Å². The summed E-state index contributed by atoms with van der Waals surface area (Å²) in [6.07, 6.45) is 1.94. The summed E-state index contributed by atoms with van der Waals surface area (Å²) in [6.45, 7) is 0. The predicted molar refractivity (Wildman–Crippen MR) is 99.0 cm³/mol. The number of rotatable bonds is 4. The van der Waals surface area contributed by atoms with Gasteiger partial charge in [-0.15, -0.1) is 0 Å². The maximum absolute atomic E-state index is 6.28. The number of nitrogens with one attached hydrogen (secondary N) is 1. The van der Waals surface area contributed by atoms with Crippen LogP contribution < -0.4 is 5.32 Å². The standard InChI is InChI=1S/C17H13Cl2N3S/c1-23-17-21-15(11-6-2-3-7-12(11)18)10-16(22-17)20-14-9-5-4-8-13(14)19/h2-10H,1H3,(H,20,21,22). The lowest BCUT2D eigenvalue weighted by Gasteiger charge is -2.11. The first kappa shape index (κ1) is 16.1. The highest BCUT2D eigenvalue weighted by Crippen LogP contribution is 2.30.